The second-order valence-corrected chi connectivity index (χ2v) is 7.68. The molecule has 3 unspecified atom stereocenters. The van der Waals surface area contributed by atoms with E-state index in [1.807, 2.05) is 0 Å². The van der Waals surface area contributed by atoms with Crippen LogP contribution in [0.25, 0.3) is 0 Å². The van der Waals surface area contributed by atoms with Crippen molar-refractivity contribution in [2.45, 2.75) is 52.7 Å². The second-order valence-electron chi connectivity index (χ2n) is 6.77. The van der Waals surface area contributed by atoms with Crippen molar-refractivity contribution in [2.75, 3.05) is 13.1 Å². The fourth-order valence-electron chi connectivity index (χ4n) is 3.14. The van der Waals surface area contributed by atoms with Crippen LogP contribution in [0, 0.1) is 11.8 Å². The normalized spacial score (nSPS) is 25.2. The third kappa shape index (κ3) is 4.54. The summed E-state index contributed by atoms with van der Waals surface area (Å²) in [7, 11) is 0. The van der Waals surface area contributed by atoms with E-state index >= 15 is 0 Å². The van der Waals surface area contributed by atoms with E-state index in [4.69, 9.17) is 0 Å². The number of halogens is 1. The molecule has 0 amide bonds. The van der Waals surface area contributed by atoms with Crippen LogP contribution in [0.1, 0.15) is 39.7 Å². The van der Waals surface area contributed by atoms with Crippen LogP contribution in [-0.4, -0.2) is 30.1 Å². The van der Waals surface area contributed by atoms with E-state index in [0.29, 0.717) is 18.0 Å². The van der Waals surface area contributed by atoms with Crippen molar-refractivity contribution in [1.82, 2.24) is 10.2 Å². The first-order valence-electron chi connectivity index (χ1n) is 8.23. The molecule has 1 heterocycles. The van der Waals surface area contributed by atoms with E-state index in [9.17, 15) is 0 Å². The number of nitrogens with one attached hydrogen (secondary N) is 1. The van der Waals surface area contributed by atoms with E-state index < -0.39 is 0 Å². The Hall–Kier alpha value is -0.380. The molecule has 1 saturated heterocycles. The quantitative estimate of drug-likeness (QED) is 0.849. The van der Waals surface area contributed by atoms with Gasteiger partial charge in [0.15, 0.2) is 0 Å². The summed E-state index contributed by atoms with van der Waals surface area (Å²) in [5, 5.41) is 3.76. The highest BCUT2D eigenvalue weighted by atomic mass is 79.9. The first kappa shape index (κ1) is 17.0. The summed E-state index contributed by atoms with van der Waals surface area (Å²) >= 11 is 3.52. The van der Waals surface area contributed by atoms with Gasteiger partial charge in [0.05, 0.1) is 0 Å². The Morgan fingerprint density at radius 1 is 1.24 bits per heavy atom. The molecule has 2 rings (SSSR count). The highest BCUT2D eigenvalue weighted by Crippen LogP contribution is 2.23. The molecule has 3 heteroatoms. The Balaban J connectivity index is 2.10. The molecule has 0 aliphatic carbocycles. The van der Waals surface area contributed by atoms with Crippen molar-refractivity contribution in [2.24, 2.45) is 11.8 Å². The molecule has 0 aromatic heterocycles. The summed E-state index contributed by atoms with van der Waals surface area (Å²) in [6.45, 7) is 12.7. The van der Waals surface area contributed by atoms with Crippen molar-refractivity contribution in [3.63, 3.8) is 0 Å². The summed E-state index contributed by atoms with van der Waals surface area (Å²) in [5.74, 6) is 1.43. The van der Waals surface area contributed by atoms with Crippen LogP contribution in [0.3, 0.4) is 0 Å². The molecule has 1 aliphatic rings. The molecule has 1 N–H and O–H groups in total. The van der Waals surface area contributed by atoms with Crippen molar-refractivity contribution in [3.05, 3.63) is 34.3 Å². The minimum absolute atomic E-state index is 0.612. The van der Waals surface area contributed by atoms with Crippen LogP contribution in [0.15, 0.2) is 28.7 Å². The number of benzene rings is 1. The number of rotatable bonds is 5. The van der Waals surface area contributed by atoms with E-state index in [1.165, 1.54) is 12.0 Å². The number of nitrogens with zero attached hydrogens (tertiary/aromatic N) is 1. The van der Waals surface area contributed by atoms with Gasteiger partial charge in [0, 0.05) is 36.2 Å². The Morgan fingerprint density at radius 2 is 1.90 bits per heavy atom. The number of piperazine rings is 1. The van der Waals surface area contributed by atoms with Gasteiger partial charge in [-0.1, -0.05) is 62.2 Å². The zero-order chi connectivity index (χ0) is 15.4. The van der Waals surface area contributed by atoms with Gasteiger partial charge in [-0.25, -0.2) is 0 Å². The summed E-state index contributed by atoms with van der Waals surface area (Å²) in [6, 6.07) is 10.0. The molecule has 1 fully saturated rings. The maximum absolute atomic E-state index is 3.76. The highest BCUT2D eigenvalue weighted by Gasteiger charge is 2.31. The van der Waals surface area contributed by atoms with Gasteiger partial charge in [0.2, 0.25) is 0 Å². The van der Waals surface area contributed by atoms with Gasteiger partial charge in [-0.2, -0.15) is 0 Å². The van der Waals surface area contributed by atoms with E-state index in [2.05, 4.69) is 78.1 Å². The van der Waals surface area contributed by atoms with Crippen molar-refractivity contribution >= 4 is 15.9 Å². The maximum Gasteiger partial charge on any atom is 0.0250 e. The molecule has 0 saturated carbocycles. The van der Waals surface area contributed by atoms with E-state index in [1.54, 1.807) is 0 Å². The molecule has 0 spiro atoms. The average Bonchev–Trinajstić information content (AvgIpc) is 2.48. The highest BCUT2D eigenvalue weighted by molar-refractivity contribution is 9.10. The lowest BCUT2D eigenvalue weighted by atomic mass is 9.91. The standard InChI is InChI=1S/C18H29BrN2/c1-5-14(4)18-10-20-17(13(2)3)12-21(18)11-15-6-8-16(19)9-7-15/h6-9,13-14,17-18,20H,5,10-12H2,1-4H3. The Kier molecular flexibility index (Phi) is 6.27. The lowest BCUT2D eigenvalue weighted by Gasteiger charge is -2.44. The van der Waals surface area contributed by atoms with Crippen molar-refractivity contribution in [1.29, 1.82) is 0 Å². The molecule has 1 aromatic rings. The monoisotopic (exact) mass is 352 g/mol. The van der Waals surface area contributed by atoms with Gasteiger partial charge in [-0.15, -0.1) is 0 Å². The fraction of sp³-hybridized carbons (Fsp3) is 0.667. The van der Waals surface area contributed by atoms with Gasteiger partial charge in [-0.3, -0.25) is 4.90 Å². The lowest BCUT2D eigenvalue weighted by Crippen LogP contribution is -2.59. The van der Waals surface area contributed by atoms with Gasteiger partial charge in [-0.05, 0) is 29.5 Å². The van der Waals surface area contributed by atoms with Crippen molar-refractivity contribution < 1.29 is 0 Å². The smallest absolute Gasteiger partial charge is 0.0250 e. The molecule has 1 aliphatic heterocycles. The minimum Gasteiger partial charge on any atom is -0.311 e. The Morgan fingerprint density at radius 3 is 2.48 bits per heavy atom. The molecule has 0 radical (unpaired) electrons. The van der Waals surface area contributed by atoms with Gasteiger partial charge in [0.25, 0.3) is 0 Å². The van der Waals surface area contributed by atoms with E-state index in [-0.39, 0.29) is 0 Å². The van der Waals surface area contributed by atoms with E-state index in [0.717, 1.165) is 30.0 Å². The predicted octanol–water partition coefficient (Wildman–Crippen LogP) is 4.29. The summed E-state index contributed by atoms with van der Waals surface area (Å²) in [4.78, 5) is 2.69. The SMILES string of the molecule is CCC(C)C1CNC(C(C)C)CN1Cc1ccc(Br)cc1. The fourth-order valence-corrected chi connectivity index (χ4v) is 3.40. The van der Waals surface area contributed by atoms with Crippen LogP contribution in [0.4, 0.5) is 0 Å². The lowest BCUT2D eigenvalue weighted by molar-refractivity contribution is 0.0722. The zero-order valence-electron chi connectivity index (χ0n) is 13.8. The molecule has 118 valence electrons. The Labute approximate surface area is 138 Å². The van der Waals surface area contributed by atoms with Crippen molar-refractivity contribution in [3.8, 4) is 0 Å². The largest absolute Gasteiger partial charge is 0.311 e. The molecule has 3 atom stereocenters. The Bertz CT molecular complexity index is 429. The predicted molar refractivity (Wildman–Crippen MR) is 94.4 cm³/mol. The average molecular weight is 353 g/mol. The molecule has 0 bridgehead atoms. The molecular formula is C18H29BrN2. The third-order valence-corrected chi connectivity index (χ3v) is 5.42. The number of hydrogen-bond acceptors (Lipinski definition) is 2. The molecular weight excluding hydrogens is 324 g/mol. The number of hydrogen-bond donors (Lipinski definition) is 1. The van der Waals surface area contributed by atoms with Crippen LogP contribution in [0.2, 0.25) is 0 Å². The third-order valence-electron chi connectivity index (χ3n) is 4.89. The van der Waals surface area contributed by atoms with Crippen LogP contribution in [-0.2, 0) is 6.54 Å². The van der Waals surface area contributed by atoms with Crippen LogP contribution < -0.4 is 5.32 Å². The molecule has 21 heavy (non-hydrogen) atoms. The van der Waals surface area contributed by atoms with Gasteiger partial charge in [0.1, 0.15) is 0 Å². The first-order valence-corrected chi connectivity index (χ1v) is 9.02. The maximum atomic E-state index is 3.76. The van der Waals surface area contributed by atoms with Gasteiger partial charge >= 0.3 is 0 Å². The van der Waals surface area contributed by atoms with Crippen LogP contribution >= 0.6 is 15.9 Å². The second kappa shape index (κ2) is 7.75. The molecule has 1 aromatic carbocycles. The van der Waals surface area contributed by atoms with Crippen LogP contribution in [0.5, 0.6) is 0 Å². The van der Waals surface area contributed by atoms with Gasteiger partial charge < -0.3 is 5.32 Å². The zero-order valence-corrected chi connectivity index (χ0v) is 15.4. The summed E-state index contributed by atoms with van der Waals surface area (Å²) in [6.07, 6.45) is 1.25. The first-order chi connectivity index (χ1) is 10.0. The summed E-state index contributed by atoms with van der Waals surface area (Å²) < 4.78 is 1.16. The minimum atomic E-state index is 0.612. The summed E-state index contributed by atoms with van der Waals surface area (Å²) in [5.41, 5.74) is 1.41. The topological polar surface area (TPSA) is 15.3 Å². The molecule has 2 nitrogen and oxygen atoms in total.